The third-order valence-corrected chi connectivity index (χ3v) is 3.00. The van der Waals surface area contributed by atoms with Crippen LogP contribution in [-0.4, -0.2) is 25.5 Å². The monoisotopic (exact) mass is 211 g/mol. The van der Waals surface area contributed by atoms with E-state index in [1.165, 1.54) is 32.1 Å². The maximum absolute atomic E-state index is 10.6. The molecule has 1 saturated heterocycles. The van der Waals surface area contributed by atoms with Crippen molar-refractivity contribution in [1.82, 2.24) is 10.6 Å². The molecule has 0 aliphatic carbocycles. The maximum atomic E-state index is 10.6. The smallest absolute Gasteiger partial charge is 0.216 e. The Morgan fingerprint density at radius 2 is 2.13 bits per heavy atom. The van der Waals surface area contributed by atoms with Crippen LogP contribution in [0.4, 0.5) is 0 Å². The largest absolute Gasteiger partial charge is 0.356 e. The van der Waals surface area contributed by atoms with Crippen LogP contribution in [0.1, 0.15) is 45.4 Å². The molecule has 0 saturated carbocycles. The van der Waals surface area contributed by atoms with Crippen molar-refractivity contribution in [2.75, 3.05) is 19.6 Å². The van der Waals surface area contributed by atoms with Gasteiger partial charge in [-0.05, 0) is 25.2 Å². The van der Waals surface area contributed by atoms with Crippen LogP contribution in [0.25, 0.3) is 0 Å². The Hall–Kier alpha value is -0.570. The lowest BCUT2D eigenvalue weighted by molar-refractivity contribution is -0.118. The SMILES string of the molecule is CC(=O)NCCCCCCC1CC[N]C1. The van der Waals surface area contributed by atoms with Crippen LogP contribution in [0.3, 0.4) is 0 Å². The zero-order valence-electron chi connectivity index (χ0n) is 9.80. The molecule has 1 unspecified atom stereocenters. The van der Waals surface area contributed by atoms with E-state index in [-0.39, 0.29) is 5.91 Å². The van der Waals surface area contributed by atoms with Crippen molar-refractivity contribution < 1.29 is 4.79 Å². The van der Waals surface area contributed by atoms with Crippen LogP contribution in [0.5, 0.6) is 0 Å². The van der Waals surface area contributed by atoms with Gasteiger partial charge in [0.25, 0.3) is 0 Å². The summed E-state index contributed by atoms with van der Waals surface area (Å²) in [6.45, 7) is 4.61. The first-order valence-corrected chi connectivity index (χ1v) is 6.16. The Morgan fingerprint density at radius 3 is 2.80 bits per heavy atom. The second kappa shape index (κ2) is 7.69. The Labute approximate surface area is 93.0 Å². The number of carbonyl (C=O) groups is 1. The topological polar surface area (TPSA) is 43.2 Å². The van der Waals surface area contributed by atoms with Gasteiger partial charge in [0.2, 0.25) is 5.91 Å². The van der Waals surface area contributed by atoms with Crippen molar-refractivity contribution in [3.63, 3.8) is 0 Å². The average molecular weight is 211 g/mol. The summed E-state index contributed by atoms with van der Waals surface area (Å²) in [5.74, 6) is 0.961. The molecule has 1 aliphatic rings. The fourth-order valence-electron chi connectivity index (χ4n) is 2.05. The number of hydrogen-bond acceptors (Lipinski definition) is 1. The van der Waals surface area contributed by atoms with Gasteiger partial charge in [-0.25, -0.2) is 5.32 Å². The lowest BCUT2D eigenvalue weighted by Crippen LogP contribution is -2.20. The van der Waals surface area contributed by atoms with E-state index < -0.39 is 0 Å². The molecule has 1 atom stereocenters. The zero-order chi connectivity index (χ0) is 10.9. The van der Waals surface area contributed by atoms with Crippen LogP contribution in [0.15, 0.2) is 0 Å². The van der Waals surface area contributed by atoms with Crippen LogP contribution in [0.2, 0.25) is 0 Å². The summed E-state index contributed by atoms with van der Waals surface area (Å²) in [7, 11) is 0. The third kappa shape index (κ3) is 6.50. The fraction of sp³-hybridized carbons (Fsp3) is 0.917. The van der Waals surface area contributed by atoms with Gasteiger partial charge < -0.3 is 5.32 Å². The first-order chi connectivity index (χ1) is 7.29. The minimum atomic E-state index is 0.0857. The van der Waals surface area contributed by atoms with Crippen molar-refractivity contribution in [2.45, 2.75) is 45.4 Å². The molecule has 87 valence electrons. The molecule has 3 nitrogen and oxygen atoms in total. The molecule has 3 heteroatoms. The third-order valence-electron chi connectivity index (χ3n) is 3.00. The van der Waals surface area contributed by atoms with Crippen molar-refractivity contribution in [3.05, 3.63) is 0 Å². The van der Waals surface area contributed by atoms with Gasteiger partial charge in [0.15, 0.2) is 0 Å². The normalized spacial score (nSPS) is 20.5. The van der Waals surface area contributed by atoms with E-state index >= 15 is 0 Å². The summed E-state index contributed by atoms with van der Waals surface area (Å²) in [5, 5.41) is 7.19. The van der Waals surface area contributed by atoms with E-state index in [0.29, 0.717) is 0 Å². The van der Waals surface area contributed by atoms with Gasteiger partial charge >= 0.3 is 0 Å². The highest BCUT2D eigenvalue weighted by Gasteiger charge is 2.14. The summed E-state index contributed by atoms with van der Waals surface area (Å²) < 4.78 is 0. The molecule has 1 fully saturated rings. The van der Waals surface area contributed by atoms with Gasteiger partial charge in [-0.15, -0.1) is 0 Å². The Bertz CT molecular complexity index is 176. The molecule has 0 aromatic rings. The molecule has 1 rings (SSSR count). The highest BCUT2D eigenvalue weighted by molar-refractivity contribution is 5.72. The van der Waals surface area contributed by atoms with Crippen LogP contribution in [-0.2, 0) is 4.79 Å². The molecule has 0 aromatic heterocycles. The lowest BCUT2D eigenvalue weighted by Gasteiger charge is -2.07. The molecule has 0 bridgehead atoms. The highest BCUT2D eigenvalue weighted by Crippen LogP contribution is 2.17. The molecule has 1 radical (unpaired) electrons. The summed E-state index contributed by atoms with van der Waals surface area (Å²) >= 11 is 0. The van der Waals surface area contributed by atoms with E-state index in [0.717, 1.165) is 32.0 Å². The predicted molar refractivity (Wildman–Crippen MR) is 61.7 cm³/mol. The van der Waals surface area contributed by atoms with Crippen molar-refractivity contribution in [2.24, 2.45) is 5.92 Å². The lowest BCUT2D eigenvalue weighted by atomic mass is 10.0. The number of rotatable bonds is 7. The average Bonchev–Trinajstić information content (AvgIpc) is 2.68. The van der Waals surface area contributed by atoms with E-state index in [2.05, 4.69) is 10.6 Å². The number of unbranched alkanes of at least 4 members (excludes halogenated alkanes) is 3. The summed E-state index contributed by atoms with van der Waals surface area (Å²) in [5.41, 5.74) is 0. The van der Waals surface area contributed by atoms with E-state index in [4.69, 9.17) is 0 Å². The molecule has 1 N–H and O–H groups in total. The van der Waals surface area contributed by atoms with E-state index in [9.17, 15) is 4.79 Å². The number of carbonyl (C=O) groups excluding carboxylic acids is 1. The minimum absolute atomic E-state index is 0.0857. The van der Waals surface area contributed by atoms with Gasteiger partial charge in [0.1, 0.15) is 0 Å². The predicted octanol–water partition coefficient (Wildman–Crippen LogP) is 1.70. The number of amides is 1. The molecule has 1 amide bonds. The van der Waals surface area contributed by atoms with Gasteiger partial charge in [-0.1, -0.05) is 19.3 Å². The molecular formula is C12H23N2O. The second-order valence-corrected chi connectivity index (χ2v) is 4.47. The summed E-state index contributed by atoms with van der Waals surface area (Å²) in [6.07, 6.45) is 7.66. The van der Waals surface area contributed by atoms with Gasteiger partial charge in [-0.3, -0.25) is 4.79 Å². The van der Waals surface area contributed by atoms with Gasteiger partial charge in [0.05, 0.1) is 0 Å². The summed E-state index contributed by atoms with van der Waals surface area (Å²) in [4.78, 5) is 10.6. The fourth-order valence-corrected chi connectivity index (χ4v) is 2.05. The van der Waals surface area contributed by atoms with E-state index in [1.54, 1.807) is 6.92 Å². The molecule has 1 aliphatic heterocycles. The van der Waals surface area contributed by atoms with E-state index in [1.807, 2.05) is 0 Å². The second-order valence-electron chi connectivity index (χ2n) is 4.47. The molecule has 0 aromatic carbocycles. The Kier molecular flexibility index (Phi) is 6.41. The van der Waals surface area contributed by atoms with Crippen LogP contribution >= 0.6 is 0 Å². The van der Waals surface area contributed by atoms with Crippen molar-refractivity contribution >= 4 is 5.91 Å². The Morgan fingerprint density at radius 1 is 1.33 bits per heavy atom. The molecule has 0 spiro atoms. The summed E-state index contributed by atoms with van der Waals surface area (Å²) in [6, 6.07) is 0. The number of hydrogen-bond donors (Lipinski definition) is 1. The van der Waals surface area contributed by atoms with Crippen molar-refractivity contribution in [3.8, 4) is 0 Å². The van der Waals surface area contributed by atoms with Crippen LogP contribution < -0.4 is 10.6 Å². The number of nitrogens with zero attached hydrogens (tertiary/aromatic N) is 1. The minimum Gasteiger partial charge on any atom is -0.356 e. The first kappa shape index (κ1) is 12.5. The Balaban J connectivity index is 1.78. The number of nitrogens with one attached hydrogen (secondary N) is 1. The first-order valence-electron chi connectivity index (χ1n) is 6.16. The maximum Gasteiger partial charge on any atom is 0.216 e. The van der Waals surface area contributed by atoms with Crippen molar-refractivity contribution in [1.29, 1.82) is 0 Å². The molecule has 1 heterocycles. The highest BCUT2D eigenvalue weighted by atomic mass is 16.1. The van der Waals surface area contributed by atoms with Crippen LogP contribution in [0, 0.1) is 5.92 Å². The van der Waals surface area contributed by atoms with Gasteiger partial charge in [0, 0.05) is 26.6 Å². The molecular weight excluding hydrogens is 188 g/mol. The standard InChI is InChI=1S/C12H23N2O/c1-11(15)14-8-5-3-2-4-6-12-7-9-13-10-12/h12H,2-10H2,1H3,(H,14,15). The zero-order valence-corrected chi connectivity index (χ0v) is 9.80. The van der Waals surface area contributed by atoms with Gasteiger partial charge in [-0.2, -0.15) is 0 Å². The molecule has 15 heavy (non-hydrogen) atoms. The quantitative estimate of drug-likeness (QED) is 0.640.